The van der Waals surface area contributed by atoms with Crippen molar-refractivity contribution in [3.05, 3.63) is 11.9 Å². The summed E-state index contributed by atoms with van der Waals surface area (Å²) in [5.74, 6) is -0.985. The number of hydrogen-bond acceptors (Lipinski definition) is 3. The standard InChI is InChI=1S/C12H18N4O3/c1-7-4-5-16(10(7)11(17)18)12(19)13-9-6-15(3)14-8(9)2/h6-7,10H,4-5H2,1-3H3,(H,13,19)(H,17,18). The molecule has 2 unspecified atom stereocenters. The van der Waals surface area contributed by atoms with E-state index in [-0.39, 0.29) is 11.9 Å². The number of carboxylic acids is 1. The van der Waals surface area contributed by atoms with Crippen molar-refractivity contribution in [3.8, 4) is 0 Å². The van der Waals surface area contributed by atoms with Crippen LogP contribution in [0.3, 0.4) is 0 Å². The van der Waals surface area contributed by atoms with Crippen molar-refractivity contribution in [1.29, 1.82) is 0 Å². The number of rotatable bonds is 2. The number of aryl methyl sites for hydroxylation is 2. The summed E-state index contributed by atoms with van der Waals surface area (Å²) in [5.41, 5.74) is 1.31. The van der Waals surface area contributed by atoms with Gasteiger partial charge in [0.1, 0.15) is 6.04 Å². The number of anilines is 1. The number of urea groups is 1. The fourth-order valence-electron chi connectivity index (χ4n) is 2.46. The van der Waals surface area contributed by atoms with Crippen LogP contribution in [0.25, 0.3) is 0 Å². The lowest BCUT2D eigenvalue weighted by Crippen LogP contribution is -2.44. The monoisotopic (exact) mass is 266 g/mol. The first-order valence-corrected chi connectivity index (χ1v) is 6.21. The van der Waals surface area contributed by atoms with Gasteiger partial charge >= 0.3 is 12.0 Å². The Kier molecular flexibility index (Phi) is 3.46. The third kappa shape index (κ3) is 2.54. The first-order chi connectivity index (χ1) is 8.90. The summed E-state index contributed by atoms with van der Waals surface area (Å²) in [6.07, 6.45) is 2.40. The highest BCUT2D eigenvalue weighted by molar-refractivity contribution is 5.93. The van der Waals surface area contributed by atoms with Gasteiger partial charge in [0, 0.05) is 19.8 Å². The highest BCUT2D eigenvalue weighted by Crippen LogP contribution is 2.25. The zero-order valence-corrected chi connectivity index (χ0v) is 11.3. The van der Waals surface area contributed by atoms with E-state index in [2.05, 4.69) is 10.4 Å². The Labute approximate surface area is 111 Å². The molecule has 2 N–H and O–H groups in total. The second kappa shape index (κ2) is 4.91. The zero-order valence-electron chi connectivity index (χ0n) is 11.3. The molecule has 104 valence electrons. The second-order valence-electron chi connectivity index (χ2n) is 4.97. The molecule has 0 saturated carbocycles. The number of nitrogens with one attached hydrogen (secondary N) is 1. The highest BCUT2D eigenvalue weighted by Gasteiger charge is 2.39. The molecular formula is C12H18N4O3. The van der Waals surface area contributed by atoms with Gasteiger partial charge in [0.15, 0.2) is 0 Å². The van der Waals surface area contributed by atoms with Crippen molar-refractivity contribution >= 4 is 17.7 Å². The molecule has 1 saturated heterocycles. The van der Waals surface area contributed by atoms with E-state index in [1.165, 1.54) is 4.90 Å². The molecule has 0 spiro atoms. The Morgan fingerprint density at radius 2 is 2.21 bits per heavy atom. The second-order valence-corrected chi connectivity index (χ2v) is 4.97. The number of carbonyl (C=O) groups excluding carboxylic acids is 1. The first-order valence-electron chi connectivity index (χ1n) is 6.21. The average Bonchev–Trinajstić information content (AvgIpc) is 2.82. The summed E-state index contributed by atoms with van der Waals surface area (Å²) in [5, 5.41) is 16.0. The molecule has 1 aliphatic rings. The molecule has 1 fully saturated rings. The van der Waals surface area contributed by atoms with Gasteiger partial charge < -0.3 is 15.3 Å². The van der Waals surface area contributed by atoms with Gasteiger partial charge in [-0.15, -0.1) is 0 Å². The molecule has 0 bridgehead atoms. The topological polar surface area (TPSA) is 87.5 Å². The highest BCUT2D eigenvalue weighted by atomic mass is 16.4. The molecule has 1 aromatic rings. The molecule has 2 atom stereocenters. The van der Waals surface area contributed by atoms with Gasteiger partial charge in [-0.05, 0) is 19.3 Å². The van der Waals surface area contributed by atoms with Gasteiger partial charge in [-0.2, -0.15) is 5.10 Å². The number of carboxylic acid groups (broad SMARTS) is 1. The minimum absolute atomic E-state index is 0.0294. The fraction of sp³-hybridized carbons (Fsp3) is 0.583. The summed E-state index contributed by atoms with van der Waals surface area (Å²) < 4.78 is 1.60. The largest absolute Gasteiger partial charge is 0.480 e. The van der Waals surface area contributed by atoms with Crippen LogP contribution in [0.4, 0.5) is 10.5 Å². The van der Waals surface area contributed by atoms with Crippen molar-refractivity contribution < 1.29 is 14.7 Å². The van der Waals surface area contributed by atoms with Crippen LogP contribution in [0.2, 0.25) is 0 Å². The molecule has 7 nitrogen and oxygen atoms in total. The van der Waals surface area contributed by atoms with Crippen molar-refractivity contribution in [2.45, 2.75) is 26.3 Å². The first kappa shape index (κ1) is 13.4. The molecule has 2 amide bonds. The Morgan fingerprint density at radius 3 is 2.74 bits per heavy atom. The lowest BCUT2D eigenvalue weighted by atomic mass is 10.0. The Balaban J connectivity index is 2.12. The maximum atomic E-state index is 12.2. The minimum Gasteiger partial charge on any atom is -0.480 e. The maximum Gasteiger partial charge on any atom is 0.326 e. The van der Waals surface area contributed by atoms with E-state index in [9.17, 15) is 14.7 Å². The summed E-state index contributed by atoms with van der Waals surface area (Å²) in [7, 11) is 1.76. The van der Waals surface area contributed by atoms with E-state index in [0.29, 0.717) is 24.3 Å². The Bertz CT molecular complexity index is 511. The van der Waals surface area contributed by atoms with Crippen molar-refractivity contribution in [2.24, 2.45) is 13.0 Å². The number of carbonyl (C=O) groups is 2. The van der Waals surface area contributed by atoms with Crippen LogP contribution in [0.5, 0.6) is 0 Å². The number of likely N-dealkylation sites (tertiary alicyclic amines) is 1. The predicted molar refractivity (Wildman–Crippen MR) is 68.9 cm³/mol. The van der Waals surface area contributed by atoms with Gasteiger partial charge in [-0.3, -0.25) is 4.68 Å². The smallest absolute Gasteiger partial charge is 0.326 e. The molecule has 2 rings (SSSR count). The lowest BCUT2D eigenvalue weighted by molar-refractivity contribution is -0.142. The van der Waals surface area contributed by atoms with Crippen LogP contribution in [0.15, 0.2) is 6.20 Å². The van der Waals surface area contributed by atoms with Crippen LogP contribution in [0, 0.1) is 12.8 Å². The van der Waals surface area contributed by atoms with Gasteiger partial charge in [-0.25, -0.2) is 9.59 Å². The van der Waals surface area contributed by atoms with E-state index >= 15 is 0 Å². The van der Waals surface area contributed by atoms with E-state index in [1.54, 1.807) is 24.9 Å². The number of aromatic nitrogens is 2. The van der Waals surface area contributed by atoms with E-state index in [0.717, 1.165) is 0 Å². The SMILES string of the molecule is Cc1nn(C)cc1NC(=O)N1CCC(C)C1C(=O)O. The zero-order chi connectivity index (χ0) is 14.2. The third-order valence-electron chi connectivity index (χ3n) is 3.47. The maximum absolute atomic E-state index is 12.2. The Hall–Kier alpha value is -2.05. The summed E-state index contributed by atoms with van der Waals surface area (Å²) in [6.45, 7) is 4.10. The molecule has 0 radical (unpaired) electrons. The minimum atomic E-state index is -0.956. The summed E-state index contributed by atoms with van der Waals surface area (Å²) in [4.78, 5) is 24.7. The number of hydrogen-bond donors (Lipinski definition) is 2. The molecule has 1 aliphatic heterocycles. The molecule has 7 heteroatoms. The number of aliphatic carboxylic acids is 1. The average molecular weight is 266 g/mol. The number of amides is 2. The van der Waals surface area contributed by atoms with Crippen LogP contribution < -0.4 is 5.32 Å². The van der Waals surface area contributed by atoms with Crippen molar-refractivity contribution in [3.63, 3.8) is 0 Å². The Morgan fingerprint density at radius 1 is 1.53 bits per heavy atom. The summed E-state index contributed by atoms with van der Waals surface area (Å²) in [6, 6.07) is -1.13. The fourth-order valence-corrected chi connectivity index (χ4v) is 2.46. The summed E-state index contributed by atoms with van der Waals surface area (Å²) >= 11 is 0. The van der Waals surface area contributed by atoms with Crippen molar-refractivity contribution in [1.82, 2.24) is 14.7 Å². The third-order valence-corrected chi connectivity index (χ3v) is 3.47. The van der Waals surface area contributed by atoms with Gasteiger partial charge in [0.2, 0.25) is 0 Å². The molecule has 2 heterocycles. The van der Waals surface area contributed by atoms with Crippen LogP contribution in [-0.2, 0) is 11.8 Å². The van der Waals surface area contributed by atoms with E-state index in [4.69, 9.17) is 0 Å². The lowest BCUT2D eigenvalue weighted by Gasteiger charge is -2.23. The normalized spacial score (nSPS) is 22.6. The number of nitrogens with zero attached hydrogens (tertiary/aromatic N) is 3. The molecule has 19 heavy (non-hydrogen) atoms. The van der Waals surface area contributed by atoms with Crippen LogP contribution >= 0.6 is 0 Å². The molecule has 0 aromatic carbocycles. The quantitative estimate of drug-likeness (QED) is 0.837. The van der Waals surface area contributed by atoms with E-state index in [1.807, 2.05) is 6.92 Å². The molecule has 0 aliphatic carbocycles. The van der Waals surface area contributed by atoms with Gasteiger partial charge in [0.05, 0.1) is 11.4 Å². The van der Waals surface area contributed by atoms with Gasteiger partial charge in [0.25, 0.3) is 0 Å². The van der Waals surface area contributed by atoms with Crippen LogP contribution in [0.1, 0.15) is 19.0 Å². The van der Waals surface area contributed by atoms with Crippen molar-refractivity contribution in [2.75, 3.05) is 11.9 Å². The molecule has 1 aromatic heterocycles. The van der Waals surface area contributed by atoms with E-state index < -0.39 is 12.0 Å². The predicted octanol–water partition coefficient (Wildman–Crippen LogP) is 1.06. The van der Waals surface area contributed by atoms with Gasteiger partial charge in [-0.1, -0.05) is 6.92 Å². The molecular weight excluding hydrogens is 248 g/mol. The van der Waals surface area contributed by atoms with Crippen LogP contribution in [-0.4, -0.2) is 44.4 Å².